The van der Waals surface area contributed by atoms with E-state index >= 15 is 0 Å². The van der Waals surface area contributed by atoms with Crippen LogP contribution in [0.2, 0.25) is 0 Å². The zero-order chi connectivity index (χ0) is 13.2. The average Bonchev–Trinajstić information content (AvgIpc) is 2.79. The van der Waals surface area contributed by atoms with Crippen molar-refractivity contribution in [2.45, 2.75) is 32.6 Å². The van der Waals surface area contributed by atoms with E-state index in [4.69, 9.17) is 4.74 Å². The Morgan fingerprint density at radius 1 is 1.37 bits per heavy atom. The zero-order valence-corrected chi connectivity index (χ0v) is 14.2. The summed E-state index contributed by atoms with van der Waals surface area (Å²) in [5.41, 5.74) is 1.50. The van der Waals surface area contributed by atoms with E-state index in [1.807, 2.05) is 0 Å². The monoisotopic (exact) mass is 347 g/mol. The van der Waals surface area contributed by atoms with Crippen LogP contribution in [0, 0.1) is 5.92 Å². The Balaban J connectivity index is 0.00000180. The van der Waals surface area contributed by atoms with Crippen molar-refractivity contribution in [1.82, 2.24) is 5.32 Å². The van der Waals surface area contributed by atoms with E-state index in [0.717, 1.165) is 29.9 Å². The fourth-order valence-electron chi connectivity index (χ4n) is 2.15. The number of nitrogens with one attached hydrogen (secondary N) is 1. The van der Waals surface area contributed by atoms with Crippen LogP contribution in [0.25, 0.3) is 0 Å². The summed E-state index contributed by atoms with van der Waals surface area (Å²) in [7, 11) is 0. The smallest absolute Gasteiger partial charge is 0.133 e. The molecule has 4 heteroatoms. The summed E-state index contributed by atoms with van der Waals surface area (Å²) in [6.07, 6.45) is 1.22. The number of ether oxygens (including phenoxy) is 1. The molecule has 0 aliphatic carbocycles. The van der Waals surface area contributed by atoms with Gasteiger partial charge in [0.2, 0.25) is 0 Å². The topological polar surface area (TPSA) is 21.3 Å². The zero-order valence-electron chi connectivity index (χ0n) is 11.8. The molecule has 1 aromatic rings. The molecule has 0 bridgehead atoms. The fourth-order valence-corrected chi connectivity index (χ4v) is 2.64. The molecule has 1 N–H and O–H groups in total. The largest absolute Gasteiger partial charge is 0.492 e. The third-order valence-electron chi connectivity index (χ3n) is 3.43. The highest BCUT2D eigenvalue weighted by Crippen LogP contribution is 2.31. The summed E-state index contributed by atoms with van der Waals surface area (Å²) < 4.78 is 6.96. The quantitative estimate of drug-likeness (QED) is 0.885. The first-order valence-corrected chi connectivity index (χ1v) is 7.39. The van der Waals surface area contributed by atoms with Crippen molar-refractivity contribution in [3.05, 3.63) is 28.2 Å². The molecule has 1 aromatic carbocycles. The van der Waals surface area contributed by atoms with Crippen LogP contribution >= 0.6 is 28.3 Å². The Labute approximate surface area is 130 Å². The van der Waals surface area contributed by atoms with Gasteiger partial charge in [0.25, 0.3) is 0 Å². The summed E-state index contributed by atoms with van der Waals surface area (Å²) in [5, 5.41) is 3.36. The van der Waals surface area contributed by atoms with Gasteiger partial charge >= 0.3 is 0 Å². The highest BCUT2D eigenvalue weighted by molar-refractivity contribution is 9.10. The van der Waals surface area contributed by atoms with Crippen LogP contribution in [0.15, 0.2) is 22.7 Å². The molecule has 1 aliphatic rings. The molecule has 19 heavy (non-hydrogen) atoms. The van der Waals surface area contributed by atoms with Gasteiger partial charge in [0, 0.05) is 12.5 Å². The highest BCUT2D eigenvalue weighted by atomic mass is 79.9. The summed E-state index contributed by atoms with van der Waals surface area (Å²) in [5.74, 6) is 1.61. The van der Waals surface area contributed by atoms with Gasteiger partial charge in [-0.3, -0.25) is 0 Å². The van der Waals surface area contributed by atoms with Gasteiger partial charge in [0.05, 0.1) is 11.1 Å². The van der Waals surface area contributed by atoms with E-state index < -0.39 is 0 Å². The maximum absolute atomic E-state index is 5.90. The third-order valence-corrected chi connectivity index (χ3v) is 4.05. The predicted molar refractivity (Wildman–Crippen MR) is 86.6 cm³/mol. The number of hydrogen-bond donors (Lipinski definition) is 1. The molecule has 1 heterocycles. The number of rotatable bonds is 3. The molecule has 2 nitrogen and oxygen atoms in total. The van der Waals surface area contributed by atoms with Crippen molar-refractivity contribution >= 4 is 28.3 Å². The van der Waals surface area contributed by atoms with Crippen LogP contribution in [-0.4, -0.2) is 19.7 Å². The van der Waals surface area contributed by atoms with Crippen LogP contribution in [0.5, 0.6) is 5.75 Å². The lowest BCUT2D eigenvalue weighted by Gasteiger charge is -2.20. The lowest BCUT2D eigenvalue weighted by atomic mass is 9.87. The van der Waals surface area contributed by atoms with Crippen LogP contribution < -0.4 is 10.1 Å². The van der Waals surface area contributed by atoms with Crippen molar-refractivity contribution < 1.29 is 4.74 Å². The van der Waals surface area contributed by atoms with Crippen molar-refractivity contribution in [1.29, 1.82) is 0 Å². The van der Waals surface area contributed by atoms with Crippen molar-refractivity contribution in [2.24, 2.45) is 5.92 Å². The standard InChI is InChI=1S/C15H22BrNO.ClH/c1-15(2,3)12-4-5-14(13(16)8-12)18-10-11-6-7-17-9-11;/h4-5,8,11,17H,6-7,9-10H2,1-3H3;1H. The van der Waals surface area contributed by atoms with Gasteiger partial charge in [-0.05, 0) is 52.0 Å². The lowest BCUT2D eigenvalue weighted by Crippen LogP contribution is -2.16. The molecule has 1 aliphatic heterocycles. The minimum absolute atomic E-state index is 0. The van der Waals surface area contributed by atoms with Crippen LogP contribution in [-0.2, 0) is 5.41 Å². The molecule has 0 spiro atoms. The number of benzene rings is 1. The van der Waals surface area contributed by atoms with Gasteiger partial charge in [0.1, 0.15) is 5.75 Å². The van der Waals surface area contributed by atoms with Crippen LogP contribution in [0.3, 0.4) is 0 Å². The molecule has 1 saturated heterocycles. The summed E-state index contributed by atoms with van der Waals surface area (Å²) in [6.45, 7) is 9.68. The second kappa shape index (κ2) is 6.96. The molecule has 0 aromatic heterocycles. The Kier molecular flexibility index (Phi) is 6.15. The maximum atomic E-state index is 5.90. The van der Waals surface area contributed by atoms with Gasteiger partial charge in [0.15, 0.2) is 0 Å². The second-order valence-electron chi connectivity index (χ2n) is 6.07. The van der Waals surface area contributed by atoms with Gasteiger partial charge in [-0.2, -0.15) is 0 Å². The summed E-state index contributed by atoms with van der Waals surface area (Å²) >= 11 is 3.61. The fraction of sp³-hybridized carbons (Fsp3) is 0.600. The predicted octanol–water partition coefficient (Wildman–Crippen LogP) is 4.16. The van der Waals surface area contributed by atoms with Crippen molar-refractivity contribution in [3.8, 4) is 5.75 Å². The molecule has 0 saturated carbocycles. The molecule has 0 amide bonds. The maximum Gasteiger partial charge on any atom is 0.133 e. The SMILES string of the molecule is CC(C)(C)c1ccc(OCC2CCNC2)c(Br)c1.Cl. The van der Waals surface area contributed by atoms with Gasteiger partial charge in [-0.1, -0.05) is 26.8 Å². The van der Waals surface area contributed by atoms with Gasteiger partial charge in [-0.25, -0.2) is 0 Å². The molecule has 1 unspecified atom stereocenters. The second-order valence-corrected chi connectivity index (χ2v) is 6.92. The molecule has 108 valence electrons. The Morgan fingerprint density at radius 3 is 2.63 bits per heavy atom. The molecule has 1 atom stereocenters. The van der Waals surface area contributed by atoms with Crippen molar-refractivity contribution in [3.63, 3.8) is 0 Å². The molecule has 0 radical (unpaired) electrons. The first kappa shape index (κ1) is 16.8. The van der Waals surface area contributed by atoms with E-state index in [9.17, 15) is 0 Å². The van der Waals surface area contributed by atoms with E-state index in [1.165, 1.54) is 12.0 Å². The van der Waals surface area contributed by atoms with Crippen LogP contribution in [0.1, 0.15) is 32.8 Å². The summed E-state index contributed by atoms with van der Waals surface area (Å²) in [4.78, 5) is 0. The van der Waals surface area contributed by atoms with Gasteiger partial charge < -0.3 is 10.1 Å². The van der Waals surface area contributed by atoms with Crippen LogP contribution in [0.4, 0.5) is 0 Å². The Morgan fingerprint density at radius 2 is 2.11 bits per heavy atom. The first-order valence-electron chi connectivity index (χ1n) is 6.60. The number of halogens is 2. The van der Waals surface area contributed by atoms with E-state index in [2.05, 4.69) is 60.2 Å². The summed E-state index contributed by atoms with van der Waals surface area (Å²) in [6, 6.07) is 6.41. The normalized spacial score (nSPS) is 19.1. The average molecular weight is 349 g/mol. The molecule has 1 fully saturated rings. The lowest BCUT2D eigenvalue weighted by molar-refractivity contribution is 0.258. The van der Waals surface area contributed by atoms with E-state index in [1.54, 1.807) is 0 Å². The molecular formula is C15H23BrClNO. The van der Waals surface area contributed by atoms with E-state index in [-0.39, 0.29) is 17.8 Å². The first-order chi connectivity index (χ1) is 8.47. The molecule has 2 rings (SSSR count). The van der Waals surface area contributed by atoms with Gasteiger partial charge in [-0.15, -0.1) is 12.4 Å². The minimum Gasteiger partial charge on any atom is -0.492 e. The highest BCUT2D eigenvalue weighted by Gasteiger charge is 2.17. The minimum atomic E-state index is 0. The van der Waals surface area contributed by atoms with Crippen molar-refractivity contribution in [2.75, 3.05) is 19.7 Å². The molecular weight excluding hydrogens is 326 g/mol. The Bertz CT molecular complexity index is 411. The van der Waals surface area contributed by atoms with E-state index in [0.29, 0.717) is 5.92 Å². The Hall–Kier alpha value is -0.250. The number of hydrogen-bond acceptors (Lipinski definition) is 2. The third kappa shape index (κ3) is 4.66.